The monoisotopic (exact) mass is 200 g/mol. The number of carbonyl (C=O) groups is 1. The highest BCUT2D eigenvalue weighted by Crippen LogP contribution is 2.26. The van der Waals surface area contributed by atoms with Crippen LogP contribution in [0.2, 0.25) is 0 Å². The first kappa shape index (κ1) is 11.5. The van der Waals surface area contributed by atoms with Crippen molar-refractivity contribution in [3.63, 3.8) is 0 Å². The Bertz CT molecular complexity index is 204. The van der Waals surface area contributed by atoms with Gasteiger partial charge < -0.3 is 10.4 Å². The van der Waals surface area contributed by atoms with Gasteiger partial charge in [-0.05, 0) is 33.7 Å². The van der Waals surface area contributed by atoms with Crippen molar-refractivity contribution in [3.8, 4) is 0 Å². The topological polar surface area (TPSA) is 52.6 Å². The zero-order valence-corrected chi connectivity index (χ0v) is 9.16. The largest absolute Gasteiger partial charge is 0.480 e. The summed E-state index contributed by atoms with van der Waals surface area (Å²) >= 11 is 0. The molecule has 4 nitrogen and oxygen atoms in total. The maximum atomic E-state index is 10.6. The van der Waals surface area contributed by atoms with E-state index in [1.54, 1.807) is 6.92 Å². The van der Waals surface area contributed by atoms with Gasteiger partial charge in [0.25, 0.3) is 0 Å². The van der Waals surface area contributed by atoms with Crippen LogP contribution in [-0.2, 0) is 4.79 Å². The summed E-state index contributed by atoms with van der Waals surface area (Å²) in [6.45, 7) is 4.53. The highest BCUT2D eigenvalue weighted by atomic mass is 16.4. The van der Waals surface area contributed by atoms with Gasteiger partial charge in [0.05, 0.1) is 0 Å². The zero-order valence-electron chi connectivity index (χ0n) is 9.16. The van der Waals surface area contributed by atoms with Crippen molar-refractivity contribution in [2.75, 3.05) is 13.6 Å². The van der Waals surface area contributed by atoms with Crippen molar-refractivity contribution < 1.29 is 9.90 Å². The zero-order chi connectivity index (χ0) is 10.7. The summed E-state index contributed by atoms with van der Waals surface area (Å²) in [5.41, 5.74) is 0. The number of nitrogens with zero attached hydrogens (tertiary/aromatic N) is 1. The fourth-order valence-electron chi connectivity index (χ4n) is 1.42. The van der Waals surface area contributed by atoms with E-state index in [9.17, 15) is 4.79 Å². The van der Waals surface area contributed by atoms with Crippen LogP contribution in [0.15, 0.2) is 0 Å². The number of aliphatic carboxylic acids is 1. The van der Waals surface area contributed by atoms with Crippen molar-refractivity contribution in [1.29, 1.82) is 0 Å². The first-order valence-electron chi connectivity index (χ1n) is 5.20. The minimum atomic E-state index is -0.786. The number of rotatable bonds is 6. The van der Waals surface area contributed by atoms with Gasteiger partial charge in [0.15, 0.2) is 0 Å². The molecule has 0 heterocycles. The molecule has 0 spiro atoms. The molecule has 2 unspecified atom stereocenters. The Balaban J connectivity index is 2.19. The summed E-state index contributed by atoms with van der Waals surface area (Å²) in [5.74, 6) is -0.786. The van der Waals surface area contributed by atoms with Gasteiger partial charge in [-0.1, -0.05) is 0 Å². The van der Waals surface area contributed by atoms with Crippen molar-refractivity contribution in [3.05, 3.63) is 0 Å². The lowest BCUT2D eigenvalue weighted by Gasteiger charge is -2.25. The third-order valence-corrected chi connectivity index (χ3v) is 2.91. The summed E-state index contributed by atoms with van der Waals surface area (Å²) in [5, 5.41) is 11.7. The highest BCUT2D eigenvalue weighted by molar-refractivity contribution is 5.72. The molecule has 0 aliphatic heterocycles. The van der Waals surface area contributed by atoms with Crippen molar-refractivity contribution in [1.82, 2.24) is 10.2 Å². The van der Waals surface area contributed by atoms with Gasteiger partial charge >= 0.3 is 5.97 Å². The van der Waals surface area contributed by atoms with E-state index in [-0.39, 0.29) is 0 Å². The predicted octanol–water partition coefficient (Wildman–Crippen LogP) is 0.532. The molecule has 1 rings (SSSR count). The SMILES string of the molecule is CC(NCC(C)N(C)C1CC1)C(=O)O. The van der Waals surface area contributed by atoms with Crippen LogP contribution in [0.4, 0.5) is 0 Å². The maximum absolute atomic E-state index is 10.6. The van der Waals surface area contributed by atoms with E-state index < -0.39 is 12.0 Å². The van der Waals surface area contributed by atoms with Crippen LogP contribution >= 0.6 is 0 Å². The van der Waals surface area contributed by atoms with E-state index in [0.29, 0.717) is 6.04 Å². The summed E-state index contributed by atoms with van der Waals surface area (Å²) in [7, 11) is 2.11. The lowest BCUT2D eigenvalue weighted by molar-refractivity contribution is -0.139. The first-order valence-corrected chi connectivity index (χ1v) is 5.20. The molecule has 2 N–H and O–H groups in total. The molecule has 0 aromatic carbocycles. The number of carboxylic acid groups (broad SMARTS) is 1. The van der Waals surface area contributed by atoms with Gasteiger partial charge in [-0.25, -0.2) is 0 Å². The average molecular weight is 200 g/mol. The molecule has 0 radical (unpaired) electrons. The maximum Gasteiger partial charge on any atom is 0.320 e. The number of hydrogen-bond acceptors (Lipinski definition) is 3. The fourth-order valence-corrected chi connectivity index (χ4v) is 1.42. The predicted molar refractivity (Wildman–Crippen MR) is 55.3 cm³/mol. The molecule has 0 saturated heterocycles. The smallest absolute Gasteiger partial charge is 0.320 e. The highest BCUT2D eigenvalue weighted by Gasteiger charge is 2.29. The van der Waals surface area contributed by atoms with Crippen LogP contribution in [-0.4, -0.2) is 47.7 Å². The van der Waals surface area contributed by atoms with Gasteiger partial charge in [-0.15, -0.1) is 0 Å². The Hall–Kier alpha value is -0.610. The second kappa shape index (κ2) is 4.75. The normalized spacial score (nSPS) is 20.9. The molecular formula is C10H20N2O2. The number of nitrogens with one attached hydrogen (secondary N) is 1. The van der Waals surface area contributed by atoms with Crippen LogP contribution in [0.25, 0.3) is 0 Å². The van der Waals surface area contributed by atoms with Crippen LogP contribution < -0.4 is 5.32 Å². The molecule has 4 heteroatoms. The third-order valence-electron chi connectivity index (χ3n) is 2.91. The van der Waals surface area contributed by atoms with Crippen molar-refractivity contribution >= 4 is 5.97 Å². The number of likely N-dealkylation sites (N-methyl/N-ethyl adjacent to an activating group) is 1. The Morgan fingerprint density at radius 2 is 2.14 bits per heavy atom. The van der Waals surface area contributed by atoms with Crippen LogP contribution in [0.1, 0.15) is 26.7 Å². The van der Waals surface area contributed by atoms with Crippen LogP contribution in [0, 0.1) is 0 Å². The lowest BCUT2D eigenvalue weighted by Crippen LogP contribution is -2.44. The average Bonchev–Trinajstić information content (AvgIpc) is 2.95. The number of carboxylic acids is 1. The van der Waals surface area contributed by atoms with E-state index in [2.05, 4.69) is 24.2 Å². The van der Waals surface area contributed by atoms with Gasteiger partial charge in [0.1, 0.15) is 6.04 Å². The van der Waals surface area contributed by atoms with Crippen LogP contribution in [0.3, 0.4) is 0 Å². The molecule has 1 saturated carbocycles. The molecule has 0 bridgehead atoms. The minimum absolute atomic E-state index is 0.407. The Morgan fingerprint density at radius 3 is 2.57 bits per heavy atom. The van der Waals surface area contributed by atoms with E-state index in [1.165, 1.54) is 12.8 Å². The Labute approximate surface area is 85.3 Å². The van der Waals surface area contributed by atoms with E-state index in [4.69, 9.17) is 5.11 Å². The van der Waals surface area contributed by atoms with Gasteiger partial charge in [0, 0.05) is 18.6 Å². The second-order valence-electron chi connectivity index (χ2n) is 4.21. The molecule has 14 heavy (non-hydrogen) atoms. The molecule has 0 aromatic heterocycles. The second-order valence-corrected chi connectivity index (χ2v) is 4.21. The summed E-state index contributed by atoms with van der Waals surface area (Å²) < 4.78 is 0. The quantitative estimate of drug-likeness (QED) is 0.657. The molecule has 82 valence electrons. The standard InChI is InChI=1S/C10H20N2O2/c1-7(12(3)9-4-5-9)6-11-8(2)10(13)14/h7-9,11H,4-6H2,1-3H3,(H,13,14). The minimum Gasteiger partial charge on any atom is -0.480 e. The summed E-state index contributed by atoms with van der Waals surface area (Å²) in [4.78, 5) is 12.9. The summed E-state index contributed by atoms with van der Waals surface area (Å²) in [6, 6.07) is 0.682. The van der Waals surface area contributed by atoms with E-state index in [0.717, 1.165) is 12.6 Å². The van der Waals surface area contributed by atoms with Gasteiger partial charge in [-0.2, -0.15) is 0 Å². The lowest BCUT2D eigenvalue weighted by atomic mass is 10.2. The van der Waals surface area contributed by atoms with Gasteiger partial charge in [0.2, 0.25) is 0 Å². The third kappa shape index (κ3) is 3.27. The molecular weight excluding hydrogens is 180 g/mol. The molecule has 1 aliphatic carbocycles. The van der Waals surface area contributed by atoms with Crippen LogP contribution in [0.5, 0.6) is 0 Å². The molecule has 1 fully saturated rings. The molecule has 0 amide bonds. The van der Waals surface area contributed by atoms with E-state index >= 15 is 0 Å². The first-order chi connectivity index (χ1) is 6.52. The fraction of sp³-hybridized carbons (Fsp3) is 0.900. The van der Waals surface area contributed by atoms with Crippen molar-refractivity contribution in [2.24, 2.45) is 0 Å². The Morgan fingerprint density at radius 1 is 1.57 bits per heavy atom. The molecule has 2 atom stereocenters. The number of hydrogen-bond donors (Lipinski definition) is 2. The Kier molecular flexibility index (Phi) is 3.89. The summed E-state index contributed by atoms with van der Waals surface area (Å²) in [6.07, 6.45) is 2.57. The molecule has 1 aliphatic rings. The van der Waals surface area contributed by atoms with Crippen molar-refractivity contribution in [2.45, 2.75) is 44.8 Å². The molecule has 0 aromatic rings. The van der Waals surface area contributed by atoms with Gasteiger partial charge in [-0.3, -0.25) is 9.69 Å². The van der Waals surface area contributed by atoms with E-state index in [1.807, 2.05) is 0 Å².